The fourth-order valence-corrected chi connectivity index (χ4v) is 2.60. The van der Waals surface area contributed by atoms with Gasteiger partial charge in [-0.2, -0.15) is 0 Å². The van der Waals surface area contributed by atoms with E-state index in [1.165, 1.54) is 0 Å². The lowest BCUT2D eigenvalue weighted by atomic mass is 10.2. The van der Waals surface area contributed by atoms with Crippen LogP contribution < -0.4 is 20.3 Å². The number of amides is 2. The number of benzene rings is 2. The van der Waals surface area contributed by atoms with Gasteiger partial charge in [0.1, 0.15) is 12.3 Å². The lowest BCUT2D eigenvalue weighted by molar-refractivity contribution is -0.131. The molecule has 3 aromatic rings. The molecular weight excluding hydrogens is 334 g/mol. The molecule has 2 N–H and O–H groups in total. The van der Waals surface area contributed by atoms with E-state index in [4.69, 9.17) is 9.47 Å². The number of hydrogen-bond acceptors (Lipinski definition) is 5. The molecule has 2 amide bonds. The first kappa shape index (κ1) is 15.9. The highest BCUT2D eigenvalue weighted by Crippen LogP contribution is 2.30. The highest BCUT2D eigenvalue weighted by molar-refractivity contribution is 5.96. The summed E-state index contributed by atoms with van der Waals surface area (Å²) in [4.78, 5) is 28.7. The maximum atomic E-state index is 12.2. The molecule has 130 valence electrons. The van der Waals surface area contributed by atoms with Gasteiger partial charge < -0.3 is 9.47 Å². The van der Waals surface area contributed by atoms with Crippen molar-refractivity contribution in [2.24, 2.45) is 0 Å². The molecule has 0 spiro atoms. The number of nitrogens with zero attached hydrogens (tertiary/aromatic N) is 1. The van der Waals surface area contributed by atoms with Crippen molar-refractivity contribution in [3.63, 3.8) is 0 Å². The molecule has 0 aliphatic carbocycles. The molecule has 0 fully saturated rings. The fourth-order valence-electron chi connectivity index (χ4n) is 2.60. The van der Waals surface area contributed by atoms with Crippen LogP contribution in [0.15, 0.2) is 60.7 Å². The summed E-state index contributed by atoms with van der Waals surface area (Å²) in [5.41, 5.74) is 5.60. The van der Waals surface area contributed by atoms with Crippen LogP contribution in [0.25, 0.3) is 10.9 Å². The number of carbonyl (C=O) groups excluding carboxylic acids is 2. The SMILES string of the molecule is O=C(NNC(=O)C1COc2ccccc2O1)c1ccc2ccccc2n1. The molecule has 1 atom stereocenters. The zero-order valence-electron chi connectivity index (χ0n) is 13.6. The van der Waals surface area contributed by atoms with Crippen molar-refractivity contribution in [1.29, 1.82) is 0 Å². The third-order valence-corrected chi connectivity index (χ3v) is 3.93. The van der Waals surface area contributed by atoms with Gasteiger partial charge in [0.25, 0.3) is 11.8 Å². The third-order valence-electron chi connectivity index (χ3n) is 3.93. The zero-order chi connectivity index (χ0) is 17.9. The van der Waals surface area contributed by atoms with Gasteiger partial charge >= 0.3 is 0 Å². The molecule has 2 aromatic carbocycles. The predicted octanol–water partition coefficient (Wildman–Crippen LogP) is 1.84. The van der Waals surface area contributed by atoms with Crippen LogP contribution in [0.3, 0.4) is 0 Å². The number of hydrogen-bond donors (Lipinski definition) is 2. The molecule has 1 aromatic heterocycles. The second-order valence-electron chi connectivity index (χ2n) is 5.70. The Morgan fingerprint density at radius 2 is 1.69 bits per heavy atom. The summed E-state index contributed by atoms with van der Waals surface area (Å²) >= 11 is 0. The van der Waals surface area contributed by atoms with Crippen LogP contribution in [0.5, 0.6) is 11.5 Å². The van der Waals surface area contributed by atoms with E-state index < -0.39 is 17.9 Å². The van der Waals surface area contributed by atoms with Gasteiger partial charge in [0.15, 0.2) is 11.5 Å². The number of pyridine rings is 1. The maximum absolute atomic E-state index is 12.2. The Kier molecular flexibility index (Phi) is 4.10. The van der Waals surface area contributed by atoms with E-state index >= 15 is 0 Å². The van der Waals surface area contributed by atoms with E-state index in [1.807, 2.05) is 30.3 Å². The third kappa shape index (κ3) is 3.14. The van der Waals surface area contributed by atoms with Crippen LogP contribution in [0.1, 0.15) is 10.5 Å². The molecule has 0 saturated heterocycles. The minimum atomic E-state index is -0.852. The molecule has 26 heavy (non-hydrogen) atoms. The van der Waals surface area contributed by atoms with Crippen molar-refractivity contribution in [2.75, 3.05) is 6.61 Å². The second-order valence-corrected chi connectivity index (χ2v) is 5.70. The molecule has 7 nitrogen and oxygen atoms in total. The minimum Gasteiger partial charge on any atom is -0.485 e. The van der Waals surface area contributed by atoms with Gasteiger partial charge in [0.2, 0.25) is 6.10 Å². The number of rotatable bonds is 2. The van der Waals surface area contributed by atoms with Crippen molar-refractivity contribution in [2.45, 2.75) is 6.10 Å². The van der Waals surface area contributed by atoms with Crippen molar-refractivity contribution in [3.8, 4) is 11.5 Å². The predicted molar refractivity (Wildman–Crippen MR) is 93.7 cm³/mol. The van der Waals surface area contributed by atoms with Gasteiger partial charge in [0, 0.05) is 5.39 Å². The number of para-hydroxylation sites is 3. The average Bonchev–Trinajstić information content (AvgIpc) is 2.71. The van der Waals surface area contributed by atoms with Crippen LogP contribution >= 0.6 is 0 Å². The van der Waals surface area contributed by atoms with Crippen LogP contribution in [0.4, 0.5) is 0 Å². The zero-order valence-corrected chi connectivity index (χ0v) is 13.6. The molecule has 1 unspecified atom stereocenters. The summed E-state index contributed by atoms with van der Waals surface area (Å²) in [7, 11) is 0. The first-order valence-corrected chi connectivity index (χ1v) is 8.05. The van der Waals surface area contributed by atoms with Crippen molar-refractivity contribution < 1.29 is 19.1 Å². The van der Waals surface area contributed by atoms with Crippen LogP contribution in [-0.4, -0.2) is 29.5 Å². The summed E-state index contributed by atoms with van der Waals surface area (Å²) in [6.45, 7) is 0.0624. The van der Waals surface area contributed by atoms with Gasteiger partial charge in [-0.25, -0.2) is 4.98 Å². The number of ether oxygens (including phenoxy) is 2. The molecule has 7 heteroatoms. The molecule has 0 radical (unpaired) electrons. The number of nitrogens with one attached hydrogen (secondary N) is 2. The quantitative estimate of drug-likeness (QED) is 0.689. The Bertz CT molecular complexity index is 989. The summed E-state index contributed by atoms with van der Waals surface area (Å²) in [5, 5.41) is 0.930. The average molecular weight is 349 g/mol. The van der Waals surface area contributed by atoms with Gasteiger partial charge in [-0.3, -0.25) is 20.4 Å². The smallest absolute Gasteiger partial charge is 0.288 e. The van der Waals surface area contributed by atoms with E-state index in [0.717, 1.165) is 5.39 Å². The Morgan fingerprint density at radius 3 is 2.58 bits per heavy atom. The molecule has 0 bridgehead atoms. The van der Waals surface area contributed by atoms with Crippen LogP contribution in [-0.2, 0) is 4.79 Å². The lowest BCUT2D eigenvalue weighted by Crippen LogP contribution is -2.51. The standard InChI is InChI=1S/C19H15N3O4/c23-18(14-10-9-12-5-1-2-6-13(12)20-14)21-22-19(24)17-11-25-15-7-3-4-8-16(15)26-17/h1-10,17H,11H2,(H,21,23)(H,22,24). The topological polar surface area (TPSA) is 89.6 Å². The monoisotopic (exact) mass is 349 g/mol. The molecular formula is C19H15N3O4. The number of aromatic nitrogens is 1. The number of hydrazine groups is 1. The number of carbonyl (C=O) groups is 2. The van der Waals surface area contributed by atoms with Gasteiger partial charge in [-0.15, -0.1) is 0 Å². The van der Waals surface area contributed by atoms with Gasteiger partial charge in [0.05, 0.1) is 5.52 Å². The first-order chi connectivity index (χ1) is 12.7. The molecule has 4 rings (SSSR count). The normalized spacial score (nSPS) is 15.3. The van der Waals surface area contributed by atoms with E-state index in [9.17, 15) is 9.59 Å². The Labute approximate surface area is 148 Å². The van der Waals surface area contributed by atoms with Crippen LogP contribution in [0.2, 0.25) is 0 Å². The summed E-state index contributed by atoms with van der Waals surface area (Å²) < 4.78 is 11.1. The van der Waals surface area contributed by atoms with E-state index in [-0.39, 0.29) is 12.3 Å². The van der Waals surface area contributed by atoms with Crippen molar-refractivity contribution >= 4 is 22.7 Å². The molecule has 2 heterocycles. The summed E-state index contributed by atoms with van der Waals surface area (Å²) in [6, 6.07) is 17.9. The number of fused-ring (bicyclic) bond motifs is 2. The maximum Gasteiger partial charge on any atom is 0.288 e. The lowest BCUT2D eigenvalue weighted by Gasteiger charge is -2.25. The Balaban J connectivity index is 1.38. The minimum absolute atomic E-state index is 0.0624. The Morgan fingerprint density at radius 1 is 0.923 bits per heavy atom. The summed E-state index contributed by atoms with van der Waals surface area (Å²) in [6.07, 6.45) is -0.852. The van der Waals surface area contributed by atoms with Gasteiger partial charge in [-0.05, 0) is 24.3 Å². The highest BCUT2D eigenvalue weighted by Gasteiger charge is 2.27. The summed E-state index contributed by atoms with van der Waals surface area (Å²) in [5.74, 6) is 0.0530. The molecule has 0 saturated carbocycles. The van der Waals surface area contributed by atoms with E-state index in [1.54, 1.807) is 30.3 Å². The fraction of sp³-hybridized carbons (Fsp3) is 0.105. The van der Waals surface area contributed by atoms with E-state index in [0.29, 0.717) is 17.0 Å². The molecule has 1 aliphatic rings. The Hall–Kier alpha value is -3.61. The largest absolute Gasteiger partial charge is 0.485 e. The second kappa shape index (κ2) is 6.72. The van der Waals surface area contributed by atoms with Crippen molar-refractivity contribution in [3.05, 3.63) is 66.4 Å². The van der Waals surface area contributed by atoms with Crippen LogP contribution in [0, 0.1) is 0 Å². The molecule has 1 aliphatic heterocycles. The first-order valence-electron chi connectivity index (χ1n) is 8.05. The van der Waals surface area contributed by atoms with E-state index in [2.05, 4.69) is 15.8 Å². The van der Waals surface area contributed by atoms with Gasteiger partial charge in [-0.1, -0.05) is 36.4 Å². The van der Waals surface area contributed by atoms with Crippen molar-refractivity contribution in [1.82, 2.24) is 15.8 Å². The highest BCUT2D eigenvalue weighted by atomic mass is 16.6.